The molecule has 0 aliphatic carbocycles. The van der Waals surface area contributed by atoms with Gasteiger partial charge in [-0.2, -0.15) is 0 Å². The molecule has 1 N–H and O–H groups in total. The maximum atomic E-state index is 10.7. The summed E-state index contributed by atoms with van der Waals surface area (Å²) in [6.07, 6.45) is 2.60. The summed E-state index contributed by atoms with van der Waals surface area (Å²) in [5.74, 6) is 0.323. The molecule has 0 spiro atoms. The molecule has 0 bridgehead atoms. The molecule has 0 amide bonds. The van der Waals surface area contributed by atoms with E-state index >= 15 is 0 Å². The highest BCUT2D eigenvalue weighted by Gasteiger charge is 2.05. The van der Waals surface area contributed by atoms with E-state index in [9.17, 15) is 4.79 Å². The molecule has 116 valence electrons. The van der Waals surface area contributed by atoms with Gasteiger partial charge in [-0.25, -0.2) is 4.79 Å². The molecule has 0 saturated heterocycles. The van der Waals surface area contributed by atoms with E-state index in [1.54, 1.807) is 25.3 Å². The molecule has 0 atom stereocenters. The lowest BCUT2D eigenvalue weighted by molar-refractivity contribution is -0.131. The van der Waals surface area contributed by atoms with Crippen molar-refractivity contribution in [2.24, 2.45) is 0 Å². The first-order valence-corrected chi connectivity index (χ1v) is 7.04. The summed E-state index contributed by atoms with van der Waals surface area (Å²) in [5.41, 5.74) is 0.691. The highest BCUT2D eigenvalue weighted by atomic mass is 16.5. The van der Waals surface area contributed by atoms with Crippen LogP contribution in [0, 0.1) is 0 Å². The summed E-state index contributed by atoms with van der Waals surface area (Å²) in [6.45, 7) is 7.57. The van der Waals surface area contributed by atoms with E-state index in [4.69, 9.17) is 14.6 Å². The quantitative estimate of drug-likeness (QED) is 0.709. The Hall–Kier alpha value is -2.01. The van der Waals surface area contributed by atoms with Gasteiger partial charge in [0.2, 0.25) is 0 Å². The Morgan fingerprint density at radius 2 is 2.05 bits per heavy atom. The highest BCUT2D eigenvalue weighted by molar-refractivity contribution is 5.86. The van der Waals surface area contributed by atoms with Crippen LogP contribution in [0.4, 0.5) is 0 Å². The largest absolute Gasteiger partial charge is 0.497 e. The fourth-order valence-corrected chi connectivity index (χ4v) is 1.90. The summed E-state index contributed by atoms with van der Waals surface area (Å²) < 4.78 is 10.9. The smallest absolute Gasteiger partial charge is 0.328 e. The normalized spacial score (nSPS) is 11.0. The average Bonchev–Trinajstić information content (AvgIpc) is 2.50. The van der Waals surface area contributed by atoms with E-state index in [2.05, 4.69) is 18.7 Å². The number of carbonyl (C=O) groups is 1. The van der Waals surface area contributed by atoms with E-state index < -0.39 is 5.97 Å². The molecule has 5 nitrogen and oxygen atoms in total. The van der Waals surface area contributed by atoms with Crippen LogP contribution in [0.1, 0.15) is 19.4 Å². The van der Waals surface area contributed by atoms with Crippen molar-refractivity contribution in [2.45, 2.75) is 13.8 Å². The molecule has 0 saturated carbocycles. The van der Waals surface area contributed by atoms with Crippen molar-refractivity contribution >= 4 is 12.0 Å². The molecule has 0 unspecified atom stereocenters. The molecule has 1 aromatic rings. The molecular weight excluding hydrogens is 270 g/mol. The predicted molar refractivity (Wildman–Crippen MR) is 82.9 cm³/mol. The van der Waals surface area contributed by atoms with E-state index in [0.29, 0.717) is 23.7 Å². The maximum Gasteiger partial charge on any atom is 0.328 e. The number of carboxylic acid groups (broad SMARTS) is 1. The number of likely N-dealkylation sites (N-methyl/N-ethyl adjacent to an activating group) is 1. The minimum atomic E-state index is -0.994. The third kappa shape index (κ3) is 5.87. The van der Waals surface area contributed by atoms with Crippen molar-refractivity contribution in [2.75, 3.05) is 33.4 Å². The summed E-state index contributed by atoms with van der Waals surface area (Å²) >= 11 is 0. The Labute approximate surface area is 125 Å². The van der Waals surface area contributed by atoms with Crippen LogP contribution >= 0.6 is 0 Å². The van der Waals surface area contributed by atoms with Gasteiger partial charge in [-0.15, -0.1) is 0 Å². The molecule has 0 aromatic heterocycles. The average molecular weight is 293 g/mol. The number of methoxy groups -OCH3 is 1. The lowest BCUT2D eigenvalue weighted by Gasteiger charge is -2.18. The zero-order chi connectivity index (χ0) is 15.7. The van der Waals surface area contributed by atoms with Crippen molar-refractivity contribution in [3.05, 3.63) is 29.8 Å². The highest BCUT2D eigenvalue weighted by Crippen LogP contribution is 2.25. The van der Waals surface area contributed by atoms with Crippen LogP contribution in [0.2, 0.25) is 0 Å². The summed E-state index contributed by atoms with van der Waals surface area (Å²) in [7, 11) is 1.57. The van der Waals surface area contributed by atoms with Crippen LogP contribution in [0.3, 0.4) is 0 Å². The van der Waals surface area contributed by atoms with Gasteiger partial charge in [-0.3, -0.25) is 0 Å². The molecular formula is C16H23NO4. The number of rotatable bonds is 9. The molecule has 0 heterocycles. The Balaban J connectivity index is 2.77. The van der Waals surface area contributed by atoms with Gasteiger partial charge in [-0.05, 0) is 37.4 Å². The second-order valence-corrected chi connectivity index (χ2v) is 4.45. The molecule has 0 aliphatic heterocycles. The van der Waals surface area contributed by atoms with Gasteiger partial charge in [0, 0.05) is 18.2 Å². The first-order valence-electron chi connectivity index (χ1n) is 7.04. The van der Waals surface area contributed by atoms with Gasteiger partial charge in [0.1, 0.15) is 18.1 Å². The Bertz CT molecular complexity index is 481. The number of nitrogens with zero attached hydrogens (tertiary/aromatic N) is 1. The molecule has 1 rings (SSSR count). The Kier molecular flexibility index (Phi) is 7.32. The zero-order valence-corrected chi connectivity index (χ0v) is 12.8. The van der Waals surface area contributed by atoms with Crippen LogP contribution in [0.5, 0.6) is 11.5 Å². The first-order chi connectivity index (χ1) is 10.1. The molecule has 21 heavy (non-hydrogen) atoms. The number of carboxylic acids is 1. The van der Waals surface area contributed by atoms with Crippen molar-refractivity contribution < 1.29 is 19.4 Å². The van der Waals surface area contributed by atoms with Crippen LogP contribution in [-0.2, 0) is 4.79 Å². The lowest BCUT2D eigenvalue weighted by Crippen LogP contribution is -2.28. The number of benzene rings is 1. The van der Waals surface area contributed by atoms with Gasteiger partial charge >= 0.3 is 5.97 Å². The van der Waals surface area contributed by atoms with Crippen molar-refractivity contribution in [3.63, 3.8) is 0 Å². The van der Waals surface area contributed by atoms with E-state index in [0.717, 1.165) is 25.7 Å². The Morgan fingerprint density at radius 1 is 1.33 bits per heavy atom. The summed E-state index contributed by atoms with van der Waals surface area (Å²) in [4.78, 5) is 12.9. The monoisotopic (exact) mass is 293 g/mol. The second-order valence-electron chi connectivity index (χ2n) is 4.45. The van der Waals surface area contributed by atoms with Gasteiger partial charge in [0.15, 0.2) is 0 Å². The van der Waals surface area contributed by atoms with E-state index in [1.807, 2.05) is 0 Å². The second kappa shape index (κ2) is 9.02. The van der Waals surface area contributed by atoms with Crippen LogP contribution in [0.15, 0.2) is 24.3 Å². The maximum absolute atomic E-state index is 10.7. The zero-order valence-electron chi connectivity index (χ0n) is 12.8. The standard InChI is InChI=1S/C16H23NO4/c1-4-17(5-2)10-11-21-15-8-7-14(20-3)12-13(15)6-9-16(18)19/h6-9,12H,4-5,10-11H2,1-3H3,(H,18,19)/b9-6+. The first kappa shape index (κ1) is 17.0. The van der Waals surface area contributed by atoms with Crippen LogP contribution < -0.4 is 9.47 Å². The number of aliphatic carboxylic acids is 1. The minimum absolute atomic E-state index is 0.557. The Morgan fingerprint density at radius 3 is 2.62 bits per heavy atom. The number of hydrogen-bond donors (Lipinski definition) is 1. The minimum Gasteiger partial charge on any atom is -0.497 e. The number of ether oxygens (including phenoxy) is 2. The van der Waals surface area contributed by atoms with Gasteiger partial charge in [0.25, 0.3) is 0 Å². The molecule has 0 aliphatic rings. The van der Waals surface area contributed by atoms with Gasteiger partial charge < -0.3 is 19.5 Å². The SMILES string of the molecule is CCN(CC)CCOc1ccc(OC)cc1/C=C/C(=O)O. The molecule has 0 radical (unpaired) electrons. The predicted octanol–water partition coefficient (Wildman–Crippen LogP) is 2.51. The topological polar surface area (TPSA) is 59.0 Å². The van der Waals surface area contributed by atoms with Gasteiger partial charge in [0.05, 0.1) is 7.11 Å². The van der Waals surface area contributed by atoms with Crippen LogP contribution in [-0.4, -0.2) is 49.3 Å². The molecule has 1 aromatic carbocycles. The van der Waals surface area contributed by atoms with E-state index in [-0.39, 0.29) is 0 Å². The summed E-state index contributed by atoms with van der Waals surface area (Å²) in [6, 6.07) is 5.35. The van der Waals surface area contributed by atoms with E-state index in [1.165, 1.54) is 6.08 Å². The third-order valence-electron chi connectivity index (χ3n) is 3.18. The van der Waals surface area contributed by atoms with Gasteiger partial charge in [-0.1, -0.05) is 13.8 Å². The fraction of sp³-hybridized carbons (Fsp3) is 0.438. The van der Waals surface area contributed by atoms with Crippen molar-refractivity contribution in [1.29, 1.82) is 0 Å². The third-order valence-corrected chi connectivity index (χ3v) is 3.18. The van der Waals surface area contributed by atoms with Crippen molar-refractivity contribution in [1.82, 2.24) is 4.90 Å². The lowest BCUT2D eigenvalue weighted by atomic mass is 10.1. The van der Waals surface area contributed by atoms with Crippen molar-refractivity contribution in [3.8, 4) is 11.5 Å². The summed E-state index contributed by atoms with van der Waals surface area (Å²) in [5, 5.41) is 8.74. The molecule has 0 fully saturated rings. The number of hydrogen-bond acceptors (Lipinski definition) is 4. The van der Waals surface area contributed by atoms with Crippen LogP contribution in [0.25, 0.3) is 6.08 Å². The molecule has 5 heteroatoms. The fourth-order valence-electron chi connectivity index (χ4n) is 1.90.